The van der Waals surface area contributed by atoms with Crippen molar-refractivity contribution in [1.82, 2.24) is 10.6 Å². The molecule has 5 heteroatoms. The zero-order chi connectivity index (χ0) is 13.0. The topological polar surface area (TPSA) is 91.0 Å². The van der Waals surface area contributed by atoms with Crippen molar-refractivity contribution in [3.8, 4) is 0 Å². The minimum Gasteiger partial charge on any atom is -0.398 e. The van der Waals surface area contributed by atoms with Crippen molar-refractivity contribution >= 4 is 17.3 Å². The highest BCUT2D eigenvalue weighted by Crippen LogP contribution is 2.11. The van der Waals surface area contributed by atoms with Gasteiger partial charge in [0.05, 0.1) is 0 Å². The van der Waals surface area contributed by atoms with Crippen molar-refractivity contribution in [3.63, 3.8) is 0 Å². The number of hydrogen-bond acceptors (Lipinski definition) is 4. The molecule has 0 spiro atoms. The number of carbonyl (C=O) groups excluding carboxylic acids is 1. The van der Waals surface area contributed by atoms with Gasteiger partial charge < -0.3 is 16.4 Å². The Kier molecular flexibility index (Phi) is 3.94. The average molecular weight is 246 g/mol. The zero-order valence-corrected chi connectivity index (χ0v) is 10.2. The van der Waals surface area contributed by atoms with Gasteiger partial charge in [-0.1, -0.05) is 18.2 Å². The van der Waals surface area contributed by atoms with Crippen LogP contribution in [0.25, 0.3) is 0 Å². The van der Waals surface area contributed by atoms with Crippen molar-refractivity contribution in [2.75, 3.05) is 18.8 Å². The highest BCUT2D eigenvalue weighted by Gasteiger charge is 2.19. The first kappa shape index (κ1) is 12.6. The monoisotopic (exact) mass is 246 g/mol. The van der Waals surface area contributed by atoms with Crippen molar-refractivity contribution in [1.29, 1.82) is 5.41 Å². The van der Waals surface area contributed by atoms with E-state index < -0.39 is 0 Å². The van der Waals surface area contributed by atoms with E-state index in [4.69, 9.17) is 11.1 Å². The molecular weight excluding hydrogens is 228 g/mol. The van der Waals surface area contributed by atoms with Crippen LogP contribution in [0.2, 0.25) is 0 Å². The van der Waals surface area contributed by atoms with E-state index in [0.717, 1.165) is 25.9 Å². The van der Waals surface area contributed by atoms with E-state index in [1.54, 1.807) is 24.3 Å². The summed E-state index contributed by atoms with van der Waals surface area (Å²) in [6.07, 6.45) is 1.81. The quantitative estimate of drug-likeness (QED) is 0.462. The van der Waals surface area contributed by atoms with Crippen LogP contribution in [-0.2, 0) is 4.79 Å². The van der Waals surface area contributed by atoms with Crippen LogP contribution < -0.4 is 16.4 Å². The number of carbonyl (C=O) groups is 1. The molecule has 1 aromatic rings. The summed E-state index contributed by atoms with van der Waals surface area (Å²) < 4.78 is 0. The van der Waals surface area contributed by atoms with Crippen LogP contribution in [0.3, 0.4) is 0 Å². The maximum atomic E-state index is 12.0. The molecule has 0 radical (unpaired) electrons. The van der Waals surface area contributed by atoms with Crippen LogP contribution in [0.1, 0.15) is 18.4 Å². The molecule has 1 saturated heterocycles. The predicted molar refractivity (Wildman–Crippen MR) is 71.7 cm³/mol. The molecule has 1 heterocycles. The Morgan fingerprint density at radius 1 is 1.33 bits per heavy atom. The van der Waals surface area contributed by atoms with Crippen LogP contribution >= 0.6 is 0 Å². The summed E-state index contributed by atoms with van der Waals surface area (Å²) in [6.45, 7) is 1.82. The number of nitrogens with one attached hydrogen (secondary N) is 3. The van der Waals surface area contributed by atoms with Crippen molar-refractivity contribution in [3.05, 3.63) is 29.8 Å². The number of piperidine rings is 1. The number of para-hydroxylation sites is 1. The maximum absolute atomic E-state index is 12.0. The number of anilines is 1. The zero-order valence-electron chi connectivity index (χ0n) is 10.2. The van der Waals surface area contributed by atoms with E-state index in [0.29, 0.717) is 11.3 Å². The predicted octanol–water partition coefficient (Wildman–Crippen LogP) is 0.505. The molecule has 0 unspecified atom stereocenters. The van der Waals surface area contributed by atoms with E-state index >= 15 is 0 Å². The van der Waals surface area contributed by atoms with Crippen molar-refractivity contribution in [2.24, 2.45) is 0 Å². The molecule has 1 aliphatic heterocycles. The standard InChI is InChI=1S/C13H18N4O/c14-11-4-2-1-3-10(11)12(15)13(18)17-9-5-7-16-8-6-9/h1-4,9,15-16H,5-8,14H2,(H,17,18). The number of rotatable bonds is 3. The highest BCUT2D eigenvalue weighted by molar-refractivity contribution is 6.45. The minimum atomic E-state index is -0.347. The lowest BCUT2D eigenvalue weighted by atomic mass is 10.0. The van der Waals surface area contributed by atoms with Crippen LogP contribution in [0.5, 0.6) is 0 Å². The molecule has 0 bridgehead atoms. The van der Waals surface area contributed by atoms with Crippen molar-refractivity contribution in [2.45, 2.75) is 18.9 Å². The SMILES string of the molecule is N=C(C(=O)NC1CCNCC1)c1ccccc1N. The molecule has 0 atom stereocenters. The normalized spacial score (nSPS) is 16.2. The second kappa shape index (κ2) is 5.64. The summed E-state index contributed by atoms with van der Waals surface area (Å²) in [7, 11) is 0. The second-order valence-corrected chi connectivity index (χ2v) is 4.46. The molecule has 1 aliphatic rings. The highest BCUT2D eigenvalue weighted by atomic mass is 16.1. The lowest BCUT2D eigenvalue weighted by Crippen LogP contribution is -2.45. The van der Waals surface area contributed by atoms with E-state index in [2.05, 4.69) is 10.6 Å². The Bertz CT molecular complexity index is 452. The largest absolute Gasteiger partial charge is 0.398 e. The van der Waals surface area contributed by atoms with Gasteiger partial charge in [-0.05, 0) is 32.0 Å². The third-order valence-electron chi connectivity index (χ3n) is 3.13. The van der Waals surface area contributed by atoms with Crippen LogP contribution in [-0.4, -0.2) is 30.8 Å². The molecule has 5 N–H and O–H groups in total. The number of nitrogen functional groups attached to an aromatic ring is 1. The number of nitrogens with two attached hydrogens (primary N) is 1. The summed E-state index contributed by atoms with van der Waals surface area (Å²) >= 11 is 0. The molecule has 5 nitrogen and oxygen atoms in total. The Balaban J connectivity index is 2.00. The molecular formula is C13H18N4O. The van der Waals surface area contributed by atoms with Gasteiger partial charge in [-0.2, -0.15) is 0 Å². The maximum Gasteiger partial charge on any atom is 0.270 e. The van der Waals surface area contributed by atoms with Crippen LogP contribution in [0.4, 0.5) is 5.69 Å². The molecule has 0 aromatic heterocycles. The Hall–Kier alpha value is -1.88. The fourth-order valence-corrected chi connectivity index (χ4v) is 2.07. The van der Waals surface area contributed by atoms with Crippen LogP contribution in [0, 0.1) is 5.41 Å². The van der Waals surface area contributed by atoms with Gasteiger partial charge in [0.2, 0.25) is 0 Å². The van der Waals surface area contributed by atoms with Gasteiger partial charge in [0.1, 0.15) is 5.71 Å². The van der Waals surface area contributed by atoms with Crippen molar-refractivity contribution < 1.29 is 4.79 Å². The molecule has 1 fully saturated rings. The molecule has 2 rings (SSSR count). The number of amides is 1. The fourth-order valence-electron chi connectivity index (χ4n) is 2.07. The third-order valence-corrected chi connectivity index (χ3v) is 3.13. The number of benzene rings is 1. The van der Waals surface area contributed by atoms with Gasteiger partial charge in [0, 0.05) is 17.3 Å². The third kappa shape index (κ3) is 2.87. The first-order valence-electron chi connectivity index (χ1n) is 6.13. The van der Waals surface area contributed by atoms with Crippen LogP contribution in [0.15, 0.2) is 24.3 Å². The summed E-state index contributed by atoms with van der Waals surface area (Å²) in [5, 5.41) is 14.0. The summed E-state index contributed by atoms with van der Waals surface area (Å²) in [5.41, 5.74) is 6.65. The van der Waals surface area contributed by atoms with Gasteiger partial charge in [-0.25, -0.2) is 0 Å². The summed E-state index contributed by atoms with van der Waals surface area (Å²) in [6, 6.07) is 7.11. The first-order valence-corrected chi connectivity index (χ1v) is 6.13. The molecule has 96 valence electrons. The molecule has 0 saturated carbocycles. The average Bonchev–Trinajstić information content (AvgIpc) is 2.39. The van der Waals surface area contributed by atoms with E-state index in [1.165, 1.54) is 0 Å². The lowest BCUT2D eigenvalue weighted by molar-refractivity contribution is -0.115. The number of hydrogen-bond donors (Lipinski definition) is 4. The van der Waals surface area contributed by atoms with Gasteiger partial charge in [0.25, 0.3) is 5.91 Å². The molecule has 18 heavy (non-hydrogen) atoms. The van der Waals surface area contributed by atoms with E-state index in [9.17, 15) is 4.79 Å². The summed E-state index contributed by atoms with van der Waals surface area (Å²) in [4.78, 5) is 12.0. The van der Waals surface area contributed by atoms with Gasteiger partial charge in [-0.15, -0.1) is 0 Å². The smallest absolute Gasteiger partial charge is 0.270 e. The Labute approximate surface area is 106 Å². The van der Waals surface area contributed by atoms with E-state index in [1.807, 2.05) is 0 Å². The molecule has 1 amide bonds. The van der Waals surface area contributed by atoms with E-state index in [-0.39, 0.29) is 17.7 Å². The fraction of sp³-hybridized carbons (Fsp3) is 0.385. The van der Waals surface area contributed by atoms with Gasteiger partial charge >= 0.3 is 0 Å². The first-order chi connectivity index (χ1) is 8.68. The molecule has 1 aromatic carbocycles. The minimum absolute atomic E-state index is 0.0633. The second-order valence-electron chi connectivity index (χ2n) is 4.46. The van der Waals surface area contributed by atoms with Gasteiger partial charge in [0.15, 0.2) is 0 Å². The molecule has 0 aliphatic carbocycles. The Morgan fingerprint density at radius 3 is 2.67 bits per heavy atom. The Morgan fingerprint density at radius 2 is 2.00 bits per heavy atom. The summed E-state index contributed by atoms with van der Waals surface area (Å²) in [5.74, 6) is -0.347. The lowest BCUT2D eigenvalue weighted by Gasteiger charge is -2.23. The van der Waals surface area contributed by atoms with Gasteiger partial charge in [-0.3, -0.25) is 10.2 Å².